The third-order valence-corrected chi connectivity index (χ3v) is 2.72. The molecule has 0 radical (unpaired) electrons. The summed E-state index contributed by atoms with van der Waals surface area (Å²) in [6.45, 7) is 6.07. The molecule has 3 nitrogen and oxygen atoms in total. The second kappa shape index (κ2) is 8.20. The molecule has 0 spiro atoms. The summed E-state index contributed by atoms with van der Waals surface area (Å²) in [5.74, 6) is 0. The monoisotopic (exact) mass is 225 g/mol. The van der Waals surface area contributed by atoms with Gasteiger partial charge in [-0.15, -0.1) is 0 Å². The van der Waals surface area contributed by atoms with Crippen molar-refractivity contribution in [3.8, 4) is 0 Å². The molecule has 1 aromatic heterocycles. The third-order valence-electron chi connectivity index (χ3n) is 2.72. The van der Waals surface area contributed by atoms with Crippen LogP contribution in [0.15, 0.2) is 18.7 Å². The minimum atomic E-state index is 0.714. The Labute approximate surface area is 99.0 Å². The molecule has 0 aromatic carbocycles. The molecule has 1 heterocycles. The minimum Gasteiger partial charge on any atom is -0.336 e. The molecule has 0 fully saturated rings. The second-order valence-electron chi connectivity index (χ2n) is 4.20. The van der Waals surface area contributed by atoms with Crippen LogP contribution in [0.4, 0.5) is 0 Å². The van der Waals surface area contributed by atoms with Gasteiger partial charge in [0.25, 0.3) is 6.33 Å². The first-order valence-electron chi connectivity index (χ1n) is 6.57. The van der Waals surface area contributed by atoms with E-state index in [1.54, 1.807) is 4.73 Å². The summed E-state index contributed by atoms with van der Waals surface area (Å²) >= 11 is 0. The van der Waals surface area contributed by atoms with Gasteiger partial charge >= 0.3 is 0 Å². The molecule has 0 aliphatic heterocycles. The van der Waals surface area contributed by atoms with Gasteiger partial charge in [-0.1, -0.05) is 37.3 Å². The van der Waals surface area contributed by atoms with Crippen LogP contribution in [0.5, 0.6) is 0 Å². The normalized spacial score (nSPS) is 10.6. The summed E-state index contributed by atoms with van der Waals surface area (Å²) in [7, 11) is 0. The van der Waals surface area contributed by atoms with Crippen LogP contribution in [0.25, 0.3) is 0 Å². The molecule has 0 amide bonds. The Morgan fingerprint density at radius 2 is 1.81 bits per heavy atom. The fourth-order valence-corrected chi connectivity index (χ4v) is 1.81. The largest absolute Gasteiger partial charge is 0.336 e. The molecule has 0 N–H and O–H groups in total. The van der Waals surface area contributed by atoms with Crippen LogP contribution in [0.2, 0.25) is 0 Å². The van der Waals surface area contributed by atoms with Crippen molar-refractivity contribution in [1.82, 2.24) is 4.73 Å². The summed E-state index contributed by atoms with van der Waals surface area (Å²) < 4.78 is 3.96. The molecule has 0 unspecified atom stereocenters. The molecular formula is C13H25N2O+. The summed E-state index contributed by atoms with van der Waals surface area (Å²) in [4.78, 5) is 5.34. The summed E-state index contributed by atoms with van der Waals surface area (Å²) in [6, 6.07) is 0. The number of hydrogen-bond donors (Lipinski definition) is 0. The van der Waals surface area contributed by atoms with E-state index >= 15 is 0 Å². The quantitative estimate of drug-likeness (QED) is 0.466. The zero-order valence-corrected chi connectivity index (χ0v) is 10.7. The predicted octanol–water partition coefficient (Wildman–Crippen LogP) is 2.58. The fraction of sp³-hybridized carbons (Fsp3) is 0.769. The van der Waals surface area contributed by atoms with Gasteiger partial charge in [-0.3, -0.25) is 0 Å². The first kappa shape index (κ1) is 13.1. The Kier molecular flexibility index (Phi) is 6.70. The smallest absolute Gasteiger partial charge is 0.284 e. The van der Waals surface area contributed by atoms with Gasteiger partial charge in [0.2, 0.25) is 0 Å². The summed E-state index contributed by atoms with van der Waals surface area (Å²) in [5.41, 5.74) is 0. The van der Waals surface area contributed by atoms with Gasteiger partial charge in [0.1, 0.15) is 12.8 Å². The highest BCUT2D eigenvalue weighted by atomic mass is 16.7. The van der Waals surface area contributed by atoms with E-state index < -0.39 is 0 Å². The fourth-order valence-electron chi connectivity index (χ4n) is 1.81. The summed E-state index contributed by atoms with van der Waals surface area (Å²) in [5, 5.41) is 0. The summed E-state index contributed by atoms with van der Waals surface area (Å²) in [6.07, 6.45) is 14.1. The highest BCUT2D eigenvalue weighted by molar-refractivity contribution is 4.60. The average molecular weight is 225 g/mol. The van der Waals surface area contributed by atoms with Crippen LogP contribution < -0.4 is 9.40 Å². The maximum absolute atomic E-state index is 5.34. The van der Waals surface area contributed by atoms with Gasteiger partial charge in [0.05, 0.1) is 6.54 Å². The molecule has 3 heteroatoms. The maximum Gasteiger partial charge on any atom is 0.284 e. The Morgan fingerprint density at radius 1 is 1.06 bits per heavy atom. The van der Waals surface area contributed by atoms with E-state index in [0.717, 1.165) is 6.54 Å². The number of rotatable bonds is 9. The van der Waals surface area contributed by atoms with E-state index in [2.05, 4.69) is 17.7 Å². The lowest BCUT2D eigenvalue weighted by Crippen LogP contribution is -2.31. The van der Waals surface area contributed by atoms with E-state index in [1.807, 2.05) is 19.4 Å². The van der Waals surface area contributed by atoms with Crippen LogP contribution >= 0.6 is 0 Å². The zero-order valence-electron chi connectivity index (χ0n) is 10.7. The van der Waals surface area contributed by atoms with Crippen molar-refractivity contribution in [2.75, 3.05) is 6.61 Å². The number of nitrogens with zero attached hydrogens (tertiary/aromatic N) is 2. The number of hydrogen-bond acceptors (Lipinski definition) is 1. The number of aryl methyl sites for hydroxylation is 1. The number of imidazole rings is 1. The maximum atomic E-state index is 5.34. The standard InChI is InChI=1S/C13H25N2O/c1-3-5-6-7-8-9-10-14-11-12-15(13-14)16-4-2/h11-13H,3-10H2,1-2H3/q+1. The van der Waals surface area contributed by atoms with Crippen molar-refractivity contribution in [1.29, 1.82) is 0 Å². The van der Waals surface area contributed by atoms with E-state index in [0.29, 0.717) is 6.61 Å². The van der Waals surface area contributed by atoms with Crippen molar-refractivity contribution in [3.63, 3.8) is 0 Å². The Bertz CT molecular complexity index is 271. The van der Waals surface area contributed by atoms with Gasteiger partial charge in [-0.25, -0.2) is 4.57 Å². The van der Waals surface area contributed by atoms with Crippen molar-refractivity contribution < 1.29 is 9.40 Å². The van der Waals surface area contributed by atoms with Crippen LogP contribution in [0.3, 0.4) is 0 Å². The predicted molar refractivity (Wildman–Crippen MR) is 65.1 cm³/mol. The molecule has 0 bridgehead atoms. The van der Waals surface area contributed by atoms with Crippen molar-refractivity contribution in [2.24, 2.45) is 0 Å². The zero-order chi connectivity index (χ0) is 11.6. The third kappa shape index (κ3) is 5.19. The van der Waals surface area contributed by atoms with Crippen molar-refractivity contribution in [3.05, 3.63) is 18.7 Å². The average Bonchev–Trinajstić information content (AvgIpc) is 2.72. The first-order chi connectivity index (χ1) is 7.86. The van der Waals surface area contributed by atoms with Gasteiger partial charge in [-0.2, -0.15) is 0 Å². The Hall–Kier alpha value is -0.990. The van der Waals surface area contributed by atoms with E-state index in [1.165, 1.54) is 38.5 Å². The molecule has 1 rings (SSSR count). The number of aromatic nitrogens is 2. The van der Waals surface area contributed by atoms with Crippen LogP contribution in [-0.2, 0) is 6.54 Å². The first-order valence-corrected chi connectivity index (χ1v) is 6.57. The lowest BCUT2D eigenvalue weighted by Gasteiger charge is -1.98. The highest BCUT2D eigenvalue weighted by Crippen LogP contribution is 2.04. The van der Waals surface area contributed by atoms with E-state index in [-0.39, 0.29) is 0 Å². The van der Waals surface area contributed by atoms with Crippen LogP contribution in [0, 0.1) is 0 Å². The molecule has 0 aliphatic rings. The minimum absolute atomic E-state index is 0.714. The van der Waals surface area contributed by atoms with E-state index in [4.69, 9.17) is 4.84 Å². The van der Waals surface area contributed by atoms with Crippen molar-refractivity contribution in [2.45, 2.75) is 58.9 Å². The van der Waals surface area contributed by atoms with Gasteiger partial charge < -0.3 is 4.84 Å². The molecule has 0 saturated heterocycles. The molecule has 16 heavy (non-hydrogen) atoms. The lowest BCUT2D eigenvalue weighted by molar-refractivity contribution is -0.697. The van der Waals surface area contributed by atoms with Crippen molar-refractivity contribution >= 4 is 0 Å². The molecule has 92 valence electrons. The second-order valence-corrected chi connectivity index (χ2v) is 4.20. The molecule has 1 aromatic rings. The molecular weight excluding hydrogens is 200 g/mol. The van der Waals surface area contributed by atoms with Gasteiger partial charge in [-0.05, 0) is 19.8 Å². The highest BCUT2D eigenvalue weighted by Gasteiger charge is 2.02. The van der Waals surface area contributed by atoms with Crippen LogP contribution in [-0.4, -0.2) is 11.3 Å². The lowest BCUT2D eigenvalue weighted by atomic mass is 10.1. The Balaban J connectivity index is 2.07. The van der Waals surface area contributed by atoms with E-state index in [9.17, 15) is 0 Å². The molecule has 0 aliphatic carbocycles. The van der Waals surface area contributed by atoms with Gasteiger partial charge in [0, 0.05) is 0 Å². The molecule has 0 saturated carbocycles. The number of unbranched alkanes of at least 4 members (excludes halogenated alkanes) is 5. The topological polar surface area (TPSA) is 18.0 Å². The Morgan fingerprint density at radius 3 is 2.56 bits per heavy atom. The SMILES string of the molecule is CCCCCCCC[n+]1ccn(OCC)c1. The molecule has 0 atom stereocenters. The van der Waals surface area contributed by atoms with Gasteiger partial charge in [0.15, 0.2) is 6.20 Å². The van der Waals surface area contributed by atoms with Crippen LogP contribution in [0.1, 0.15) is 52.4 Å².